The van der Waals surface area contributed by atoms with E-state index in [9.17, 15) is 0 Å². The number of benzene rings is 1. The molecule has 0 bridgehead atoms. The van der Waals surface area contributed by atoms with E-state index in [2.05, 4.69) is 55.4 Å². The van der Waals surface area contributed by atoms with E-state index in [0.29, 0.717) is 12.1 Å². The maximum Gasteiger partial charge on any atom is 0.0284 e. The second-order valence-electron chi connectivity index (χ2n) is 4.98. The van der Waals surface area contributed by atoms with Crippen molar-refractivity contribution in [1.29, 1.82) is 0 Å². The molecule has 0 aliphatic carbocycles. The van der Waals surface area contributed by atoms with Gasteiger partial charge in [0.15, 0.2) is 0 Å². The average Bonchev–Trinajstić information content (AvgIpc) is 2.26. The molecule has 1 aromatic carbocycles. The maximum atomic E-state index is 3.55. The van der Waals surface area contributed by atoms with Crippen LogP contribution in [0.25, 0.3) is 0 Å². The first-order valence-corrected chi connectivity index (χ1v) is 6.16. The maximum absolute atomic E-state index is 3.55. The van der Waals surface area contributed by atoms with Gasteiger partial charge in [-0.2, -0.15) is 0 Å². The molecular weight excluding hydrogens is 196 g/mol. The SMILES string of the molecule is Cc1ccc(CC2C(C)NCCN2C)cc1. The summed E-state index contributed by atoms with van der Waals surface area (Å²) in [5.74, 6) is 0. The average molecular weight is 218 g/mol. The summed E-state index contributed by atoms with van der Waals surface area (Å²) in [5, 5.41) is 3.55. The molecule has 1 aliphatic heterocycles. The van der Waals surface area contributed by atoms with Gasteiger partial charge in [0.05, 0.1) is 0 Å². The minimum atomic E-state index is 0.583. The van der Waals surface area contributed by atoms with E-state index >= 15 is 0 Å². The van der Waals surface area contributed by atoms with Gasteiger partial charge >= 0.3 is 0 Å². The Balaban J connectivity index is 2.04. The van der Waals surface area contributed by atoms with Crippen LogP contribution < -0.4 is 5.32 Å². The van der Waals surface area contributed by atoms with Crippen LogP contribution in [0.1, 0.15) is 18.1 Å². The fraction of sp³-hybridized carbons (Fsp3) is 0.571. The van der Waals surface area contributed by atoms with Crippen molar-refractivity contribution < 1.29 is 0 Å². The molecule has 2 atom stereocenters. The van der Waals surface area contributed by atoms with Gasteiger partial charge in [0.2, 0.25) is 0 Å². The van der Waals surface area contributed by atoms with Crippen LogP contribution in [0, 0.1) is 6.92 Å². The first kappa shape index (κ1) is 11.6. The van der Waals surface area contributed by atoms with Gasteiger partial charge in [-0.25, -0.2) is 0 Å². The third kappa shape index (κ3) is 2.63. The van der Waals surface area contributed by atoms with E-state index in [4.69, 9.17) is 0 Å². The van der Waals surface area contributed by atoms with Crippen LogP contribution in [0.4, 0.5) is 0 Å². The number of hydrogen-bond acceptors (Lipinski definition) is 2. The molecule has 2 rings (SSSR count). The standard InChI is InChI=1S/C14H22N2/c1-11-4-6-13(7-5-11)10-14-12(2)15-8-9-16(14)3/h4-7,12,14-15H,8-10H2,1-3H3. The summed E-state index contributed by atoms with van der Waals surface area (Å²) in [6.07, 6.45) is 1.14. The Hall–Kier alpha value is -0.860. The van der Waals surface area contributed by atoms with Crippen molar-refractivity contribution in [3.63, 3.8) is 0 Å². The number of likely N-dealkylation sites (N-methyl/N-ethyl adjacent to an activating group) is 1. The number of nitrogens with one attached hydrogen (secondary N) is 1. The molecule has 1 heterocycles. The minimum Gasteiger partial charge on any atom is -0.311 e. The van der Waals surface area contributed by atoms with Crippen LogP contribution in [0.3, 0.4) is 0 Å². The zero-order chi connectivity index (χ0) is 11.5. The molecule has 2 nitrogen and oxygen atoms in total. The molecule has 0 saturated carbocycles. The molecule has 0 radical (unpaired) electrons. The zero-order valence-corrected chi connectivity index (χ0v) is 10.5. The highest BCUT2D eigenvalue weighted by Crippen LogP contribution is 2.14. The van der Waals surface area contributed by atoms with Gasteiger partial charge in [-0.3, -0.25) is 0 Å². The van der Waals surface area contributed by atoms with Crippen molar-refractivity contribution >= 4 is 0 Å². The predicted molar refractivity (Wildman–Crippen MR) is 68.8 cm³/mol. The van der Waals surface area contributed by atoms with E-state index in [1.54, 1.807) is 0 Å². The summed E-state index contributed by atoms with van der Waals surface area (Å²) < 4.78 is 0. The van der Waals surface area contributed by atoms with Crippen molar-refractivity contribution in [2.75, 3.05) is 20.1 Å². The molecule has 1 aromatic rings. The minimum absolute atomic E-state index is 0.583. The van der Waals surface area contributed by atoms with Crippen LogP contribution >= 0.6 is 0 Å². The highest BCUT2D eigenvalue weighted by Gasteiger charge is 2.25. The van der Waals surface area contributed by atoms with E-state index < -0.39 is 0 Å². The number of piperazine rings is 1. The van der Waals surface area contributed by atoms with Gasteiger partial charge < -0.3 is 10.2 Å². The van der Waals surface area contributed by atoms with Crippen LogP contribution in [0.2, 0.25) is 0 Å². The van der Waals surface area contributed by atoms with Crippen molar-refractivity contribution in [1.82, 2.24) is 10.2 Å². The molecule has 2 heteroatoms. The van der Waals surface area contributed by atoms with Crippen molar-refractivity contribution in [3.8, 4) is 0 Å². The van der Waals surface area contributed by atoms with Gasteiger partial charge in [0.1, 0.15) is 0 Å². The molecule has 0 aromatic heterocycles. The lowest BCUT2D eigenvalue weighted by atomic mass is 9.97. The molecule has 1 fully saturated rings. The van der Waals surface area contributed by atoms with Crippen LogP contribution in [-0.4, -0.2) is 37.1 Å². The molecule has 2 unspecified atom stereocenters. The fourth-order valence-electron chi connectivity index (χ4n) is 2.45. The molecule has 1 N–H and O–H groups in total. The Morgan fingerprint density at radius 3 is 2.62 bits per heavy atom. The molecule has 0 spiro atoms. The molecule has 88 valence electrons. The fourth-order valence-corrected chi connectivity index (χ4v) is 2.45. The number of hydrogen-bond donors (Lipinski definition) is 1. The van der Waals surface area contributed by atoms with Gasteiger partial charge in [-0.05, 0) is 32.9 Å². The van der Waals surface area contributed by atoms with E-state index in [1.165, 1.54) is 11.1 Å². The molecular formula is C14H22N2. The highest BCUT2D eigenvalue weighted by atomic mass is 15.2. The van der Waals surface area contributed by atoms with Gasteiger partial charge in [-0.15, -0.1) is 0 Å². The summed E-state index contributed by atoms with van der Waals surface area (Å²) in [6, 6.07) is 10.1. The summed E-state index contributed by atoms with van der Waals surface area (Å²) in [6.45, 7) is 6.69. The summed E-state index contributed by atoms with van der Waals surface area (Å²) in [4.78, 5) is 2.47. The number of aryl methyl sites for hydroxylation is 1. The molecule has 1 saturated heterocycles. The summed E-state index contributed by atoms with van der Waals surface area (Å²) in [7, 11) is 2.23. The Morgan fingerprint density at radius 1 is 1.31 bits per heavy atom. The van der Waals surface area contributed by atoms with Gasteiger partial charge in [0.25, 0.3) is 0 Å². The predicted octanol–water partition coefficient (Wildman–Crippen LogP) is 1.83. The second kappa shape index (κ2) is 4.98. The lowest BCUT2D eigenvalue weighted by Crippen LogP contribution is -2.55. The van der Waals surface area contributed by atoms with Crippen LogP contribution in [-0.2, 0) is 6.42 Å². The monoisotopic (exact) mass is 218 g/mol. The Labute approximate surface area is 98.7 Å². The molecule has 16 heavy (non-hydrogen) atoms. The summed E-state index contributed by atoms with van der Waals surface area (Å²) >= 11 is 0. The lowest BCUT2D eigenvalue weighted by molar-refractivity contribution is 0.157. The zero-order valence-electron chi connectivity index (χ0n) is 10.5. The van der Waals surface area contributed by atoms with Gasteiger partial charge in [0, 0.05) is 25.2 Å². The first-order chi connectivity index (χ1) is 7.66. The first-order valence-electron chi connectivity index (χ1n) is 6.16. The number of rotatable bonds is 2. The number of nitrogens with zero attached hydrogens (tertiary/aromatic N) is 1. The largest absolute Gasteiger partial charge is 0.311 e. The smallest absolute Gasteiger partial charge is 0.0284 e. The molecule has 1 aliphatic rings. The summed E-state index contributed by atoms with van der Waals surface area (Å²) in [5.41, 5.74) is 2.78. The van der Waals surface area contributed by atoms with Crippen molar-refractivity contribution in [3.05, 3.63) is 35.4 Å². The Kier molecular flexibility index (Phi) is 3.62. The van der Waals surface area contributed by atoms with E-state index in [0.717, 1.165) is 19.5 Å². The van der Waals surface area contributed by atoms with Crippen LogP contribution in [0.15, 0.2) is 24.3 Å². The second-order valence-corrected chi connectivity index (χ2v) is 4.98. The third-order valence-electron chi connectivity index (χ3n) is 3.64. The van der Waals surface area contributed by atoms with Crippen molar-refractivity contribution in [2.24, 2.45) is 0 Å². The van der Waals surface area contributed by atoms with E-state index in [-0.39, 0.29) is 0 Å². The lowest BCUT2D eigenvalue weighted by Gasteiger charge is -2.38. The topological polar surface area (TPSA) is 15.3 Å². The van der Waals surface area contributed by atoms with Crippen molar-refractivity contribution in [2.45, 2.75) is 32.4 Å². The Morgan fingerprint density at radius 2 is 2.00 bits per heavy atom. The van der Waals surface area contributed by atoms with Crippen LogP contribution in [0.5, 0.6) is 0 Å². The highest BCUT2D eigenvalue weighted by molar-refractivity contribution is 5.22. The van der Waals surface area contributed by atoms with Gasteiger partial charge in [-0.1, -0.05) is 29.8 Å². The quantitative estimate of drug-likeness (QED) is 0.814. The molecule has 0 amide bonds. The third-order valence-corrected chi connectivity index (χ3v) is 3.64. The Bertz CT molecular complexity index is 321. The van der Waals surface area contributed by atoms with E-state index in [1.807, 2.05) is 0 Å². The normalized spacial score (nSPS) is 26.9.